The van der Waals surface area contributed by atoms with E-state index in [1.54, 1.807) is 12.1 Å². The number of benzene rings is 2. The first-order chi connectivity index (χ1) is 10.2. The number of phenols is 1. The number of phenolic OH excluding ortho intramolecular Hbond substituents is 1. The van der Waals surface area contributed by atoms with Gasteiger partial charge >= 0.3 is 5.76 Å². The van der Waals surface area contributed by atoms with Crippen LogP contribution in [0.2, 0.25) is 0 Å². The molecule has 21 heavy (non-hydrogen) atoms. The number of hydrogen-bond donors (Lipinski definition) is 3. The average Bonchev–Trinajstić information content (AvgIpc) is 3.01. The SMILES string of the molecule is O=c1[nH]c2cc(NC3CCc4cc(O)ccc43)ccc2o1. The van der Waals surface area contributed by atoms with Crippen LogP contribution in [0.25, 0.3) is 11.1 Å². The van der Waals surface area contributed by atoms with Crippen LogP contribution < -0.4 is 11.1 Å². The number of aromatic nitrogens is 1. The van der Waals surface area contributed by atoms with Crippen LogP contribution in [-0.4, -0.2) is 10.1 Å². The second-order valence-electron chi connectivity index (χ2n) is 5.34. The number of aromatic amines is 1. The summed E-state index contributed by atoms with van der Waals surface area (Å²) >= 11 is 0. The lowest BCUT2D eigenvalue weighted by Crippen LogP contribution is -2.06. The Hall–Kier alpha value is -2.69. The summed E-state index contributed by atoms with van der Waals surface area (Å²) in [5.74, 6) is -0.129. The molecule has 2 aromatic carbocycles. The highest BCUT2D eigenvalue weighted by molar-refractivity contribution is 5.77. The Bertz CT molecular complexity index is 879. The molecular formula is C16H14N2O3. The fourth-order valence-electron chi connectivity index (χ4n) is 3.00. The number of H-pyrrole nitrogens is 1. The monoisotopic (exact) mass is 282 g/mol. The number of anilines is 1. The van der Waals surface area contributed by atoms with Crippen LogP contribution in [0.1, 0.15) is 23.6 Å². The second kappa shape index (κ2) is 4.41. The van der Waals surface area contributed by atoms with E-state index in [0.717, 1.165) is 18.5 Å². The molecule has 1 aromatic heterocycles. The van der Waals surface area contributed by atoms with E-state index >= 15 is 0 Å². The third kappa shape index (κ3) is 2.07. The Morgan fingerprint density at radius 2 is 2.14 bits per heavy atom. The Morgan fingerprint density at radius 1 is 1.24 bits per heavy atom. The van der Waals surface area contributed by atoms with Gasteiger partial charge in [0.15, 0.2) is 5.58 Å². The van der Waals surface area contributed by atoms with E-state index < -0.39 is 5.76 Å². The quantitative estimate of drug-likeness (QED) is 0.675. The van der Waals surface area contributed by atoms with Gasteiger partial charge in [0.1, 0.15) is 5.75 Å². The zero-order valence-corrected chi connectivity index (χ0v) is 11.2. The first-order valence-electron chi connectivity index (χ1n) is 6.90. The van der Waals surface area contributed by atoms with Crippen LogP contribution in [0, 0.1) is 0 Å². The van der Waals surface area contributed by atoms with E-state index in [2.05, 4.69) is 10.3 Å². The number of hydrogen-bond acceptors (Lipinski definition) is 4. The van der Waals surface area contributed by atoms with Crippen molar-refractivity contribution in [3.05, 3.63) is 58.1 Å². The van der Waals surface area contributed by atoms with Crippen LogP contribution in [0.4, 0.5) is 5.69 Å². The van der Waals surface area contributed by atoms with Crippen molar-refractivity contribution in [2.45, 2.75) is 18.9 Å². The zero-order valence-electron chi connectivity index (χ0n) is 11.2. The summed E-state index contributed by atoms with van der Waals surface area (Å²) in [7, 11) is 0. The minimum atomic E-state index is -0.441. The molecular weight excluding hydrogens is 268 g/mol. The molecule has 1 aliphatic carbocycles. The largest absolute Gasteiger partial charge is 0.508 e. The minimum absolute atomic E-state index is 0.219. The van der Waals surface area contributed by atoms with Gasteiger partial charge in [0.2, 0.25) is 0 Å². The number of rotatable bonds is 2. The zero-order chi connectivity index (χ0) is 14.4. The van der Waals surface area contributed by atoms with Gasteiger partial charge in [-0.2, -0.15) is 0 Å². The predicted molar refractivity (Wildman–Crippen MR) is 79.6 cm³/mol. The maximum atomic E-state index is 11.2. The lowest BCUT2D eigenvalue weighted by molar-refractivity contribution is 0.474. The topological polar surface area (TPSA) is 78.3 Å². The second-order valence-corrected chi connectivity index (χ2v) is 5.34. The molecule has 5 nitrogen and oxygen atoms in total. The Balaban J connectivity index is 1.65. The van der Waals surface area contributed by atoms with Crippen molar-refractivity contribution in [1.82, 2.24) is 4.98 Å². The van der Waals surface area contributed by atoms with Gasteiger partial charge < -0.3 is 14.8 Å². The summed E-state index contributed by atoms with van der Waals surface area (Å²) in [5, 5.41) is 13.0. The smallest absolute Gasteiger partial charge is 0.417 e. The summed E-state index contributed by atoms with van der Waals surface area (Å²) in [6.45, 7) is 0. The molecule has 0 saturated carbocycles. The van der Waals surface area contributed by atoms with Crippen molar-refractivity contribution in [3.8, 4) is 5.75 Å². The van der Waals surface area contributed by atoms with Crippen molar-refractivity contribution >= 4 is 16.8 Å². The van der Waals surface area contributed by atoms with Gasteiger partial charge in [0, 0.05) is 5.69 Å². The lowest BCUT2D eigenvalue weighted by Gasteiger charge is -2.15. The Kier molecular flexibility index (Phi) is 2.54. The van der Waals surface area contributed by atoms with Gasteiger partial charge in [0.25, 0.3) is 0 Å². The maximum absolute atomic E-state index is 11.2. The fraction of sp³-hybridized carbons (Fsp3) is 0.188. The molecule has 4 rings (SSSR count). The van der Waals surface area contributed by atoms with Gasteiger partial charge in [-0.1, -0.05) is 6.07 Å². The summed E-state index contributed by atoms with van der Waals surface area (Å²) in [4.78, 5) is 13.8. The molecule has 0 radical (unpaired) electrons. The van der Waals surface area contributed by atoms with E-state index in [1.165, 1.54) is 11.1 Å². The fourth-order valence-corrected chi connectivity index (χ4v) is 3.00. The molecule has 0 bridgehead atoms. The summed E-state index contributed by atoms with van der Waals surface area (Å²) < 4.78 is 5.00. The van der Waals surface area contributed by atoms with E-state index in [-0.39, 0.29) is 6.04 Å². The van der Waals surface area contributed by atoms with Crippen LogP contribution >= 0.6 is 0 Å². The normalized spacial score (nSPS) is 17.0. The van der Waals surface area contributed by atoms with Crippen molar-refractivity contribution < 1.29 is 9.52 Å². The minimum Gasteiger partial charge on any atom is -0.508 e. The molecule has 0 spiro atoms. The molecule has 0 amide bonds. The summed E-state index contributed by atoms with van der Waals surface area (Å²) in [5.41, 5.74) is 4.58. The molecule has 106 valence electrons. The molecule has 1 aliphatic rings. The number of nitrogens with one attached hydrogen (secondary N) is 2. The Labute approximate surface area is 120 Å². The van der Waals surface area contributed by atoms with E-state index in [1.807, 2.05) is 24.3 Å². The lowest BCUT2D eigenvalue weighted by atomic mass is 10.1. The Morgan fingerprint density at radius 3 is 3.05 bits per heavy atom. The molecule has 1 unspecified atom stereocenters. The first kappa shape index (κ1) is 12.1. The van der Waals surface area contributed by atoms with Gasteiger partial charge in [0.05, 0.1) is 11.6 Å². The first-order valence-corrected chi connectivity index (χ1v) is 6.90. The van der Waals surface area contributed by atoms with Gasteiger partial charge in [-0.25, -0.2) is 4.79 Å². The maximum Gasteiger partial charge on any atom is 0.417 e. The average molecular weight is 282 g/mol. The van der Waals surface area contributed by atoms with Crippen LogP contribution in [0.3, 0.4) is 0 Å². The highest BCUT2D eigenvalue weighted by atomic mass is 16.4. The predicted octanol–water partition coefficient (Wildman–Crippen LogP) is 2.93. The highest BCUT2D eigenvalue weighted by Crippen LogP contribution is 2.35. The van der Waals surface area contributed by atoms with Gasteiger partial charge in [-0.3, -0.25) is 4.98 Å². The third-order valence-electron chi connectivity index (χ3n) is 3.96. The van der Waals surface area contributed by atoms with Crippen molar-refractivity contribution in [2.75, 3.05) is 5.32 Å². The molecule has 1 heterocycles. The van der Waals surface area contributed by atoms with E-state index in [0.29, 0.717) is 16.8 Å². The van der Waals surface area contributed by atoms with Gasteiger partial charge in [-0.15, -0.1) is 0 Å². The van der Waals surface area contributed by atoms with Gasteiger partial charge in [-0.05, 0) is 54.3 Å². The highest BCUT2D eigenvalue weighted by Gasteiger charge is 2.22. The molecule has 3 aromatic rings. The molecule has 0 saturated heterocycles. The molecule has 0 aliphatic heterocycles. The number of oxazole rings is 1. The van der Waals surface area contributed by atoms with Crippen molar-refractivity contribution in [3.63, 3.8) is 0 Å². The number of aromatic hydroxyl groups is 1. The third-order valence-corrected chi connectivity index (χ3v) is 3.96. The number of aryl methyl sites for hydroxylation is 1. The summed E-state index contributed by atoms with van der Waals surface area (Å²) in [6, 6.07) is 11.3. The van der Waals surface area contributed by atoms with Crippen molar-refractivity contribution in [1.29, 1.82) is 0 Å². The number of fused-ring (bicyclic) bond motifs is 2. The van der Waals surface area contributed by atoms with Crippen LogP contribution in [0.15, 0.2) is 45.6 Å². The molecule has 0 fully saturated rings. The van der Waals surface area contributed by atoms with Crippen molar-refractivity contribution in [2.24, 2.45) is 0 Å². The van der Waals surface area contributed by atoms with E-state index in [4.69, 9.17) is 4.42 Å². The van der Waals surface area contributed by atoms with E-state index in [9.17, 15) is 9.90 Å². The molecule has 1 atom stereocenters. The summed E-state index contributed by atoms with van der Waals surface area (Å²) in [6.07, 6.45) is 1.94. The molecule has 3 N–H and O–H groups in total. The standard InChI is InChI=1S/C16H14N2O3/c19-11-3-4-12-9(7-11)1-5-13(12)17-10-2-6-15-14(8-10)18-16(20)21-15/h2-4,6-8,13,17,19H,1,5H2,(H,18,20). The molecule has 5 heteroatoms. The van der Waals surface area contributed by atoms with Crippen LogP contribution in [0.5, 0.6) is 5.75 Å². The van der Waals surface area contributed by atoms with Crippen LogP contribution in [-0.2, 0) is 6.42 Å².